The first kappa shape index (κ1) is 19.1. The van der Waals surface area contributed by atoms with E-state index >= 15 is 0 Å². The number of aryl methyl sites for hydroxylation is 2. The van der Waals surface area contributed by atoms with Crippen LogP contribution in [0.15, 0.2) is 66.2 Å². The van der Waals surface area contributed by atoms with Crippen LogP contribution in [-0.4, -0.2) is 0 Å². The van der Waals surface area contributed by atoms with Crippen LogP contribution >= 0.6 is 11.3 Å². The van der Waals surface area contributed by atoms with Gasteiger partial charge in [-0.25, -0.2) is 0 Å². The molecule has 3 aromatic carbocycles. The highest BCUT2D eigenvalue weighted by Gasteiger charge is 2.44. The van der Waals surface area contributed by atoms with Crippen LogP contribution in [0.25, 0.3) is 26.8 Å². The molecular formula is C30H28S. The molecule has 0 saturated carbocycles. The lowest BCUT2D eigenvalue weighted by molar-refractivity contribution is 0.440. The van der Waals surface area contributed by atoms with E-state index in [1.54, 1.807) is 5.57 Å². The molecule has 4 aromatic rings. The Bertz CT molecular complexity index is 1360. The second kappa shape index (κ2) is 6.43. The summed E-state index contributed by atoms with van der Waals surface area (Å²) in [5.74, 6) is 0.373. The molecule has 0 saturated heterocycles. The van der Waals surface area contributed by atoms with Crippen molar-refractivity contribution >= 4 is 27.0 Å². The summed E-state index contributed by atoms with van der Waals surface area (Å²) in [6, 6.07) is 23.0. The van der Waals surface area contributed by atoms with Crippen molar-refractivity contribution in [2.45, 2.75) is 47.0 Å². The largest absolute Gasteiger partial charge is 0.140 e. The van der Waals surface area contributed by atoms with Gasteiger partial charge >= 0.3 is 0 Å². The minimum Gasteiger partial charge on any atom is -0.140 e. The Morgan fingerprint density at radius 1 is 0.806 bits per heavy atom. The first-order valence-electron chi connectivity index (χ1n) is 11.3. The van der Waals surface area contributed by atoms with E-state index in [2.05, 4.69) is 95.3 Å². The molecule has 0 atom stereocenters. The lowest BCUT2D eigenvalue weighted by atomic mass is 9.67. The molecule has 0 N–H and O–H groups in total. The highest BCUT2D eigenvalue weighted by atomic mass is 32.1. The molecule has 0 radical (unpaired) electrons. The zero-order valence-electron chi connectivity index (χ0n) is 19.0. The molecule has 0 unspecified atom stereocenters. The average Bonchev–Trinajstić information content (AvgIpc) is 3.35. The van der Waals surface area contributed by atoms with Gasteiger partial charge in [0.2, 0.25) is 0 Å². The van der Waals surface area contributed by atoms with Crippen molar-refractivity contribution in [2.24, 2.45) is 5.41 Å². The van der Waals surface area contributed by atoms with Gasteiger partial charge in [-0.2, -0.15) is 0 Å². The number of fused-ring (bicyclic) bond motifs is 5. The maximum absolute atomic E-state index is 2.50. The number of hydrogen-bond donors (Lipinski definition) is 0. The molecule has 0 amide bonds. The van der Waals surface area contributed by atoms with E-state index in [-0.39, 0.29) is 5.41 Å². The topological polar surface area (TPSA) is 0 Å². The number of rotatable bonds is 2. The molecule has 0 aliphatic heterocycles. The third-order valence-corrected chi connectivity index (χ3v) is 8.92. The van der Waals surface area contributed by atoms with E-state index in [0.717, 1.165) is 6.42 Å². The van der Waals surface area contributed by atoms with Crippen LogP contribution in [0.1, 0.15) is 59.4 Å². The molecule has 0 spiro atoms. The van der Waals surface area contributed by atoms with Crippen molar-refractivity contribution in [3.8, 4) is 11.1 Å². The average molecular weight is 421 g/mol. The first-order valence-corrected chi connectivity index (χ1v) is 12.1. The molecule has 6 rings (SSSR count). The van der Waals surface area contributed by atoms with Crippen LogP contribution in [0.3, 0.4) is 0 Å². The monoisotopic (exact) mass is 420 g/mol. The fourth-order valence-corrected chi connectivity index (χ4v) is 7.48. The van der Waals surface area contributed by atoms with Gasteiger partial charge in [0.25, 0.3) is 0 Å². The summed E-state index contributed by atoms with van der Waals surface area (Å²) in [5, 5.41) is 1.45. The van der Waals surface area contributed by atoms with Crippen LogP contribution in [0.5, 0.6) is 0 Å². The van der Waals surface area contributed by atoms with Crippen molar-refractivity contribution in [3.05, 3.63) is 98.9 Å². The molecule has 31 heavy (non-hydrogen) atoms. The summed E-state index contributed by atoms with van der Waals surface area (Å²) in [6.45, 7) is 11.8. The molecular weight excluding hydrogens is 392 g/mol. The van der Waals surface area contributed by atoms with Crippen LogP contribution in [0, 0.1) is 19.3 Å². The molecule has 2 aliphatic rings. The molecule has 0 bridgehead atoms. The van der Waals surface area contributed by atoms with E-state index in [1.165, 1.54) is 59.5 Å². The van der Waals surface area contributed by atoms with Crippen LogP contribution in [0.4, 0.5) is 0 Å². The predicted molar refractivity (Wildman–Crippen MR) is 135 cm³/mol. The summed E-state index contributed by atoms with van der Waals surface area (Å²) in [4.78, 5) is 1.44. The van der Waals surface area contributed by atoms with Gasteiger partial charge in [-0.1, -0.05) is 68.0 Å². The third kappa shape index (κ3) is 2.53. The van der Waals surface area contributed by atoms with Crippen LogP contribution in [0.2, 0.25) is 0 Å². The van der Waals surface area contributed by atoms with Gasteiger partial charge in [0.05, 0.1) is 0 Å². The van der Waals surface area contributed by atoms with Gasteiger partial charge in [0, 0.05) is 20.9 Å². The van der Waals surface area contributed by atoms with Crippen LogP contribution in [-0.2, 0) is 6.42 Å². The molecule has 1 heteroatoms. The standard InChI is InChI=1S/C30H28S/c1-17-14-20-15-25-18(2)19(3)31-27(25)16-26(20)28(17)30(4,5)29-23-12-8-6-10-21(23)22-11-7-9-13-24(22)29/h6-13,15-16,29H,14H2,1-5H3. The van der Waals surface area contributed by atoms with Gasteiger partial charge in [-0.3, -0.25) is 0 Å². The van der Waals surface area contributed by atoms with Crippen LogP contribution < -0.4 is 0 Å². The van der Waals surface area contributed by atoms with Crippen molar-refractivity contribution in [1.82, 2.24) is 0 Å². The maximum atomic E-state index is 2.50. The highest BCUT2D eigenvalue weighted by Crippen LogP contribution is 2.59. The zero-order chi connectivity index (χ0) is 21.5. The highest BCUT2D eigenvalue weighted by molar-refractivity contribution is 7.19. The molecule has 1 aromatic heterocycles. The van der Waals surface area contributed by atoms with E-state index in [9.17, 15) is 0 Å². The van der Waals surface area contributed by atoms with E-state index in [4.69, 9.17) is 0 Å². The van der Waals surface area contributed by atoms with Gasteiger partial charge in [0.1, 0.15) is 0 Å². The quantitative estimate of drug-likeness (QED) is 0.304. The summed E-state index contributed by atoms with van der Waals surface area (Å²) < 4.78 is 1.43. The Morgan fingerprint density at radius 3 is 2.06 bits per heavy atom. The predicted octanol–water partition coefficient (Wildman–Crippen LogP) is 8.69. The lowest BCUT2D eigenvalue weighted by Gasteiger charge is -2.36. The smallest absolute Gasteiger partial charge is 0.0354 e. The summed E-state index contributed by atoms with van der Waals surface area (Å²) in [7, 11) is 0. The van der Waals surface area contributed by atoms with Gasteiger partial charge in [-0.05, 0) is 89.2 Å². The zero-order valence-corrected chi connectivity index (χ0v) is 19.8. The Hall–Kier alpha value is -2.64. The van der Waals surface area contributed by atoms with E-state index in [1.807, 2.05) is 11.3 Å². The lowest BCUT2D eigenvalue weighted by Crippen LogP contribution is -2.24. The third-order valence-electron chi connectivity index (χ3n) is 7.75. The fourth-order valence-electron chi connectivity index (χ4n) is 6.39. The molecule has 2 aliphatic carbocycles. The van der Waals surface area contributed by atoms with E-state index < -0.39 is 0 Å². The minimum absolute atomic E-state index is 0.00701. The number of benzene rings is 3. The first-order chi connectivity index (χ1) is 14.9. The van der Waals surface area contributed by atoms with Gasteiger partial charge in [-0.15, -0.1) is 11.3 Å². The molecule has 154 valence electrons. The van der Waals surface area contributed by atoms with Gasteiger partial charge in [0.15, 0.2) is 0 Å². The summed E-state index contributed by atoms with van der Waals surface area (Å²) >= 11 is 1.95. The number of thiophene rings is 1. The number of hydrogen-bond acceptors (Lipinski definition) is 1. The SMILES string of the molecule is CC1=C(C(C)(C)C2c3ccccc3-c3ccccc32)c2cc3sc(C)c(C)c3cc2C1. The maximum Gasteiger partial charge on any atom is 0.0354 e. The minimum atomic E-state index is 0.00701. The van der Waals surface area contributed by atoms with Crippen molar-refractivity contribution < 1.29 is 0 Å². The Morgan fingerprint density at radius 2 is 1.42 bits per heavy atom. The van der Waals surface area contributed by atoms with E-state index in [0.29, 0.717) is 5.92 Å². The normalized spacial score (nSPS) is 15.5. The Kier molecular flexibility index (Phi) is 3.96. The van der Waals surface area contributed by atoms with Gasteiger partial charge < -0.3 is 0 Å². The van der Waals surface area contributed by atoms with Crippen molar-refractivity contribution in [1.29, 1.82) is 0 Å². The summed E-state index contributed by atoms with van der Waals surface area (Å²) in [6.07, 6.45) is 1.08. The summed E-state index contributed by atoms with van der Waals surface area (Å²) in [5.41, 5.74) is 13.3. The second-order valence-electron chi connectivity index (χ2n) is 9.95. The molecule has 0 fully saturated rings. The second-order valence-corrected chi connectivity index (χ2v) is 11.2. The van der Waals surface area contributed by atoms with Crippen molar-refractivity contribution in [2.75, 3.05) is 0 Å². The molecule has 1 heterocycles. The van der Waals surface area contributed by atoms with Crippen molar-refractivity contribution in [3.63, 3.8) is 0 Å². The Labute approximate surface area is 189 Å². The Balaban J connectivity index is 1.57. The molecule has 0 nitrogen and oxygen atoms in total. The fraction of sp³-hybridized carbons (Fsp3) is 0.267. The number of allylic oxidation sites excluding steroid dienone is 2.